The molecular formula is C20H28O. The molecule has 1 aliphatic rings. The molecular weight excluding hydrogens is 256 g/mol. The smallest absolute Gasteiger partial charge is 0.144 e. The fourth-order valence-corrected chi connectivity index (χ4v) is 3.60. The largest absolute Gasteiger partial charge is 0.299 e. The molecule has 1 aromatic rings. The summed E-state index contributed by atoms with van der Waals surface area (Å²) in [5, 5.41) is 0. The maximum absolute atomic E-state index is 12.8. The van der Waals surface area contributed by atoms with Crippen LogP contribution in [0.15, 0.2) is 29.8 Å². The molecule has 2 rings (SSSR count). The molecule has 1 saturated carbocycles. The third-order valence-electron chi connectivity index (χ3n) is 4.31. The molecule has 1 nitrogen and oxygen atoms in total. The van der Waals surface area contributed by atoms with Gasteiger partial charge in [0, 0.05) is 6.42 Å². The molecule has 0 N–H and O–H groups in total. The molecule has 0 saturated heterocycles. The first-order chi connectivity index (χ1) is 9.69. The van der Waals surface area contributed by atoms with Gasteiger partial charge in [0.05, 0.1) is 5.92 Å². The Hall–Kier alpha value is -1.37. The van der Waals surface area contributed by atoms with Gasteiger partial charge in [0.15, 0.2) is 0 Å². The summed E-state index contributed by atoms with van der Waals surface area (Å²) in [5.74, 6) is 0.834. The Labute approximate surface area is 129 Å². The third kappa shape index (κ3) is 3.64. The molecule has 1 atom stereocenters. The maximum Gasteiger partial charge on any atom is 0.144 e. The van der Waals surface area contributed by atoms with Gasteiger partial charge >= 0.3 is 0 Å². The van der Waals surface area contributed by atoms with Crippen LogP contribution in [0.2, 0.25) is 0 Å². The Morgan fingerprint density at radius 1 is 1.19 bits per heavy atom. The van der Waals surface area contributed by atoms with E-state index in [0.29, 0.717) is 18.1 Å². The van der Waals surface area contributed by atoms with Crippen LogP contribution in [0.5, 0.6) is 0 Å². The van der Waals surface area contributed by atoms with Crippen LogP contribution < -0.4 is 0 Å². The van der Waals surface area contributed by atoms with E-state index in [0.717, 1.165) is 6.42 Å². The second-order valence-electron chi connectivity index (χ2n) is 7.76. The highest BCUT2D eigenvalue weighted by molar-refractivity contribution is 5.91. The molecule has 0 bridgehead atoms. The minimum atomic E-state index is -0.0268. The monoisotopic (exact) mass is 284 g/mol. The maximum atomic E-state index is 12.8. The van der Waals surface area contributed by atoms with Gasteiger partial charge in [-0.05, 0) is 42.7 Å². The summed E-state index contributed by atoms with van der Waals surface area (Å²) in [4.78, 5) is 12.8. The van der Waals surface area contributed by atoms with Crippen LogP contribution in [0.4, 0.5) is 0 Å². The fraction of sp³-hybridized carbons (Fsp3) is 0.550. The van der Waals surface area contributed by atoms with Crippen LogP contribution in [-0.2, 0) is 4.79 Å². The van der Waals surface area contributed by atoms with Gasteiger partial charge < -0.3 is 0 Å². The summed E-state index contributed by atoms with van der Waals surface area (Å²) in [6, 6.07) is 6.47. The number of benzene rings is 1. The van der Waals surface area contributed by atoms with E-state index in [-0.39, 0.29) is 11.3 Å². The van der Waals surface area contributed by atoms with Gasteiger partial charge in [-0.15, -0.1) is 0 Å². The zero-order valence-electron chi connectivity index (χ0n) is 14.3. The van der Waals surface area contributed by atoms with Crippen LogP contribution in [0, 0.1) is 25.2 Å². The Bertz CT molecular complexity index is 576. The summed E-state index contributed by atoms with van der Waals surface area (Å²) in [5.41, 5.74) is 5.11. The van der Waals surface area contributed by atoms with Gasteiger partial charge in [-0.25, -0.2) is 0 Å². The van der Waals surface area contributed by atoms with Crippen LogP contribution in [0.3, 0.4) is 0 Å². The van der Waals surface area contributed by atoms with Crippen molar-refractivity contribution in [1.29, 1.82) is 0 Å². The second-order valence-corrected chi connectivity index (χ2v) is 7.76. The third-order valence-corrected chi connectivity index (χ3v) is 4.31. The molecule has 0 heterocycles. The zero-order chi connectivity index (χ0) is 15.8. The Balaban J connectivity index is 2.50. The zero-order valence-corrected chi connectivity index (χ0v) is 14.3. The lowest BCUT2D eigenvalue weighted by Crippen LogP contribution is -2.31. The second kappa shape index (κ2) is 5.79. The number of rotatable bonds is 2. The first kappa shape index (κ1) is 16.0. The number of ketones is 1. The predicted octanol–water partition coefficient (Wildman–Crippen LogP) is 5.36. The molecule has 1 aliphatic carbocycles. The van der Waals surface area contributed by atoms with E-state index < -0.39 is 0 Å². The molecule has 1 heteroatoms. The molecule has 1 fully saturated rings. The van der Waals surface area contributed by atoms with E-state index in [1.54, 1.807) is 0 Å². The standard InChI is InChI=1S/C20H28O/c1-13(2)9-16-11-20(5,6)12-18(21)19(16)17-8-7-14(3)10-15(17)4/h7-10,13,19H,11-12H2,1-6H3. The Morgan fingerprint density at radius 3 is 2.43 bits per heavy atom. The average Bonchev–Trinajstić information content (AvgIpc) is 2.28. The predicted molar refractivity (Wildman–Crippen MR) is 89.6 cm³/mol. The molecule has 21 heavy (non-hydrogen) atoms. The number of hydrogen-bond donors (Lipinski definition) is 0. The minimum Gasteiger partial charge on any atom is -0.299 e. The van der Waals surface area contributed by atoms with Crippen LogP contribution in [-0.4, -0.2) is 5.78 Å². The topological polar surface area (TPSA) is 17.1 Å². The fourth-order valence-electron chi connectivity index (χ4n) is 3.60. The van der Waals surface area contributed by atoms with Gasteiger partial charge in [0.2, 0.25) is 0 Å². The summed E-state index contributed by atoms with van der Waals surface area (Å²) in [7, 11) is 0. The van der Waals surface area contributed by atoms with E-state index in [1.807, 2.05) is 0 Å². The normalized spacial score (nSPS) is 23.9. The van der Waals surface area contributed by atoms with E-state index in [9.17, 15) is 4.79 Å². The van der Waals surface area contributed by atoms with Crippen molar-refractivity contribution in [1.82, 2.24) is 0 Å². The highest BCUT2D eigenvalue weighted by Gasteiger charge is 2.38. The van der Waals surface area contributed by atoms with E-state index in [2.05, 4.69) is 65.8 Å². The van der Waals surface area contributed by atoms with Crippen LogP contribution in [0.25, 0.3) is 0 Å². The number of Topliss-reactive ketones (excluding diaryl/α,β-unsaturated/α-hetero) is 1. The van der Waals surface area contributed by atoms with Crippen molar-refractivity contribution >= 4 is 5.78 Å². The van der Waals surface area contributed by atoms with Crippen molar-refractivity contribution < 1.29 is 4.79 Å². The number of allylic oxidation sites excluding steroid dienone is 2. The van der Waals surface area contributed by atoms with Gasteiger partial charge in [-0.3, -0.25) is 4.79 Å². The van der Waals surface area contributed by atoms with Crippen molar-refractivity contribution in [2.45, 2.75) is 60.3 Å². The molecule has 114 valence electrons. The van der Waals surface area contributed by atoms with Crippen LogP contribution >= 0.6 is 0 Å². The van der Waals surface area contributed by atoms with Crippen molar-refractivity contribution in [2.24, 2.45) is 11.3 Å². The minimum absolute atomic E-state index is 0.0268. The highest BCUT2D eigenvalue weighted by Crippen LogP contribution is 2.45. The first-order valence-corrected chi connectivity index (χ1v) is 8.00. The van der Waals surface area contributed by atoms with Gasteiger partial charge in [-0.2, -0.15) is 0 Å². The summed E-state index contributed by atoms with van der Waals surface area (Å²) < 4.78 is 0. The number of carbonyl (C=O) groups is 1. The SMILES string of the molecule is Cc1ccc(C2C(=O)CC(C)(C)CC2=CC(C)C)c(C)c1. The lowest BCUT2D eigenvalue weighted by atomic mass is 9.66. The van der Waals surface area contributed by atoms with Crippen molar-refractivity contribution in [3.8, 4) is 0 Å². The number of carbonyl (C=O) groups excluding carboxylic acids is 1. The lowest BCUT2D eigenvalue weighted by molar-refractivity contribution is -0.123. The quantitative estimate of drug-likeness (QED) is 0.668. The highest BCUT2D eigenvalue weighted by atomic mass is 16.1. The van der Waals surface area contributed by atoms with Crippen molar-refractivity contribution in [3.05, 3.63) is 46.5 Å². The lowest BCUT2D eigenvalue weighted by Gasteiger charge is -2.36. The van der Waals surface area contributed by atoms with E-state index >= 15 is 0 Å². The van der Waals surface area contributed by atoms with Crippen LogP contribution in [0.1, 0.15) is 63.1 Å². The number of hydrogen-bond acceptors (Lipinski definition) is 1. The average molecular weight is 284 g/mol. The van der Waals surface area contributed by atoms with E-state index in [4.69, 9.17) is 0 Å². The van der Waals surface area contributed by atoms with Gasteiger partial charge in [-0.1, -0.05) is 63.1 Å². The molecule has 0 radical (unpaired) electrons. The number of aryl methyl sites for hydroxylation is 2. The first-order valence-electron chi connectivity index (χ1n) is 8.00. The summed E-state index contributed by atoms with van der Waals surface area (Å²) >= 11 is 0. The van der Waals surface area contributed by atoms with E-state index in [1.165, 1.54) is 22.3 Å². The van der Waals surface area contributed by atoms with Gasteiger partial charge in [0.1, 0.15) is 5.78 Å². The molecule has 0 amide bonds. The molecule has 0 spiro atoms. The summed E-state index contributed by atoms with van der Waals surface area (Å²) in [6.07, 6.45) is 4.01. The molecule has 1 unspecified atom stereocenters. The van der Waals surface area contributed by atoms with Gasteiger partial charge in [0.25, 0.3) is 0 Å². The molecule has 0 aromatic heterocycles. The Kier molecular flexibility index (Phi) is 4.41. The van der Waals surface area contributed by atoms with Crippen molar-refractivity contribution in [3.63, 3.8) is 0 Å². The van der Waals surface area contributed by atoms with Crippen molar-refractivity contribution in [2.75, 3.05) is 0 Å². The molecule has 0 aliphatic heterocycles. The molecule has 1 aromatic carbocycles. The summed E-state index contributed by atoms with van der Waals surface area (Å²) in [6.45, 7) is 13.0. The Morgan fingerprint density at radius 2 is 1.86 bits per heavy atom.